The average Bonchev–Trinajstić information content (AvgIpc) is 3.17. The fourth-order valence-corrected chi connectivity index (χ4v) is 4.88. The summed E-state index contributed by atoms with van der Waals surface area (Å²) < 4.78 is 15.2. The van der Waals surface area contributed by atoms with E-state index in [4.69, 9.17) is 9.47 Å². The first kappa shape index (κ1) is 17.3. The van der Waals surface area contributed by atoms with Crippen LogP contribution in [0.1, 0.15) is 17.2 Å². The number of hydrogen-bond acceptors (Lipinski definition) is 6. The van der Waals surface area contributed by atoms with Gasteiger partial charge < -0.3 is 9.47 Å². The fourth-order valence-electron chi connectivity index (χ4n) is 4.52. The Morgan fingerprint density at radius 3 is 2.78 bits per heavy atom. The van der Waals surface area contributed by atoms with E-state index >= 15 is 0 Å². The molecule has 2 fully saturated rings. The molecule has 4 atom stereocenters. The van der Waals surface area contributed by atoms with Crippen LogP contribution >= 0.6 is 11.9 Å². The molecule has 3 aliphatic rings. The van der Waals surface area contributed by atoms with Crippen LogP contribution < -0.4 is 14.2 Å². The monoisotopic (exact) mass is 383 g/mol. The van der Waals surface area contributed by atoms with Crippen molar-refractivity contribution >= 4 is 11.9 Å². The van der Waals surface area contributed by atoms with Gasteiger partial charge in [0.25, 0.3) is 5.88 Å². The van der Waals surface area contributed by atoms with Gasteiger partial charge in [-0.1, -0.05) is 36.2 Å². The molecule has 2 aliphatic heterocycles. The molecule has 1 N–H and O–H groups in total. The van der Waals surface area contributed by atoms with E-state index in [1.165, 1.54) is 25.2 Å². The van der Waals surface area contributed by atoms with Crippen LogP contribution in [0.2, 0.25) is 0 Å². The Morgan fingerprint density at radius 2 is 2.00 bits per heavy atom. The van der Waals surface area contributed by atoms with Gasteiger partial charge in [-0.15, -0.1) is 0 Å². The highest BCUT2D eigenvalue weighted by molar-refractivity contribution is 7.96. The minimum atomic E-state index is -0.0921. The zero-order chi connectivity index (χ0) is 18.2. The number of fused-ring (bicyclic) bond motifs is 2. The molecule has 3 heterocycles. The topological polar surface area (TPSA) is 46.6 Å². The van der Waals surface area contributed by atoms with Crippen molar-refractivity contribution in [2.24, 2.45) is 17.8 Å². The maximum Gasteiger partial charge on any atom is 0.257 e. The van der Waals surface area contributed by atoms with E-state index in [-0.39, 0.29) is 6.10 Å². The number of nitrogens with one attached hydrogen (secondary N) is 1. The van der Waals surface area contributed by atoms with E-state index in [0.29, 0.717) is 12.5 Å². The summed E-state index contributed by atoms with van der Waals surface area (Å²) >= 11 is 1.73. The number of pyridine rings is 1. The Hall–Kier alpha value is -1.76. The van der Waals surface area contributed by atoms with Crippen molar-refractivity contribution in [2.75, 3.05) is 32.5 Å². The molecule has 0 radical (unpaired) electrons. The second kappa shape index (κ2) is 7.34. The molecule has 27 heavy (non-hydrogen) atoms. The number of aromatic nitrogens is 1. The van der Waals surface area contributed by atoms with E-state index in [0.717, 1.165) is 35.6 Å². The Balaban J connectivity index is 1.15. The molecular formula is C21H25N3O2S. The zero-order valence-corrected chi connectivity index (χ0v) is 16.3. The molecule has 0 amide bonds. The minimum Gasteiger partial charge on any atom is -0.484 e. The number of piperidine rings is 1. The molecule has 142 valence electrons. The van der Waals surface area contributed by atoms with Gasteiger partial charge in [0.2, 0.25) is 0 Å². The first-order chi connectivity index (χ1) is 13.3. The molecular weight excluding hydrogens is 358 g/mol. The molecule has 0 bridgehead atoms. The summed E-state index contributed by atoms with van der Waals surface area (Å²) in [7, 11) is 0. The molecule has 5 rings (SSSR count). The van der Waals surface area contributed by atoms with Crippen molar-refractivity contribution in [3.8, 4) is 11.6 Å². The molecule has 1 aliphatic carbocycles. The molecule has 5 nitrogen and oxygen atoms in total. The highest BCUT2D eigenvalue weighted by Gasteiger charge is 2.54. The van der Waals surface area contributed by atoms with Crippen molar-refractivity contribution in [2.45, 2.75) is 12.6 Å². The lowest BCUT2D eigenvalue weighted by Crippen LogP contribution is -2.26. The average molecular weight is 384 g/mol. The predicted molar refractivity (Wildman–Crippen MR) is 107 cm³/mol. The SMILES string of the molecule is CSNCC1[C@H]2CN(Cc3ccc([C@H]4COc5cccnc5O4)cc3)C[C@@H]12. The largest absolute Gasteiger partial charge is 0.484 e. The highest BCUT2D eigenvalue weighted by atomic mass is 32.2. The summed E-state index contributed by atoms with van der Waals surface area (Å²) in [5.74, 6) is 4.02. The van der Waals surface area contributed by atoms with Gasteiger partial charge in [-0.3, -0.25) is 9.62 Å². The summed E-state index contributed by atoms with van der Waals surface area (Å²) in [6.45, 7) is 5.23. The van der Waals surface area contributed by atoms with Gasteiger partial charge in [-0.2, -0.15) is 0 Å². The molecule has 1 aromatic heterocycles. The first-order valence-electron chi connectivity index (χ1n) is 9.63. The summed E-state index contributed by atoms with van der Waals surface area (Å²) in [6.07, 6.45) is 3.75. The molecule has 0 spiro atoms. The van der Waals surface area contributed by atoms with E-state index in [9.17, 15) is 0 Å². The van der Waals surface area contributed by atoms with Crippen molar-refractivity contribution in [3.63, 3.8) is 0 Å². The third-order valence-electron chi connectivity index (χ3n) is 6.05. The fraction of sp³-hybridized carbons (Fsp3) is 0.476. The quantitative estimate of drug-likeness (QED) is 0.774. The van der Waals surface area contributed by atoms with E-state index < -0.39 is 0 Å². The summed E-state index contributed by atoms with van der Waals surface area (Å²) in [5, 5.41) is 0. The number of hydrogen-bond donors (Lipinski definition) is 1. The van der Waals surface area contributed by atoms with Crippen molar-refractivity contribution in [1.82, 2.24) is 14.6 Å². The number of ether oxygens (including phenoxy) is 2. The van der Waals surface area contributed by atoms with Crippen LogP contribution in [0.4, 0.5) is 0 Å². The number of benzene rings is 1. The lowest BCUT2D eigenvalue weighted by Gasteiger charge is -2.26. The summed E-state index contributed by atoms with van der Waals surface area (Å²) in [6, 6.07) is 12.5. The van der Waals surface area contributed by atoms with Crippen LogP contribution in [0.15, 0.2) is 42.6 Å². The van der Waals surface area contributed by atoms with Gasteiger partial charge in [0, 0.05) is 32.4 Å². The maximum absolute atomic E-state index is 6.00. The Bertz CT molecular complexity index is 788. The van der Waals surface area contributed by atoms with Gasteiger partial charge in [-0.25, -0.2) is 4.98 Å². The number of nitrogens with zero attached hydrogens (tertiary/aromatic N) is 2. The minimum absolute atomic E-state index is 0.0921. The molecule has 2 aromatic rings. The van der Waals surface area contributed by atoms with Gasteiger partial charge in [-0.05, 0) is 47.3 Å². The maximum atomic E-state index is 6.00. The normalized spacial score (nSPS) is 28.8. The van der Waals surface area contributed by atoms with Gasteiger partial charge >= 0.3 is 0 Å². The van der Waals surface area contributed by atoms with Crippen molar-refractivity contribution < 1.29 is 9.47 Å². The molecule has 1 saturated carbocycles. The molecule has 1 unspecified atom stereocenters. The van der Waals surface area contributed by atoms with Crippen LogP contribution in [-0.2, 0) is 6.54 Å². The van der Waals surface area contributed by atoms with Crippen molar-refractivity contribution in [3.05, 3.63) is 53.7 Å². The van der Waals surface area contributed by atoms with Crippen LogP contribution in [0.3, 0.4) is 0 Å². The number of likely N-dealkylation sites (tertiary alicyclic amines) is 1. The van der Waals surface area contributed by atoms with Crippen molar-refractivity contribution in [1.29, 1.82) is 0 Å². The highest BCUT2D eigenvalue weighted by Crippen LogP contribution is 2.51. The van der Waals surface area contributed by atoms with E-state index in [2.05, 4.69) is 45.1 Å². The van der Waals surface area contributed by atoms with Crippen LogP contribution in [-0.4, -0.2) is 42.4 Å². The Labute approximate surface area is 164 Å². The number of rotatable bonds is 6. The predicted octanol–water partition coefficient (Wildman–Crippen LogP) is 3.14. The third-order valence-corrected chi connectivity index (χ3v) is 6.50. The van der Waals surface area contributed by atoms with Gasteiger partial charge in [0.05, 0.1) is 0 Å². The molecule has 6 heteroatoms. The Morgan fingerprint density at radius 1 is 1.19 bits per heavy atom. The van der Waals surface area contributed by atoms with Crippen LogP contribution in [0, 0.1) is 17.8 Å². The Kier molecular flexibility index (Phi) is 4.71. The lowest BCUT2D eigenvalue weighted by atomic mass is 10.1. The smallest absolute Gasteiger partial charge is 0.257 e. The van der Waals surface area contributed by atoms with Crippen LogP contribution in [0.5, 0.6) is 11.6 Å². The summed E-state index contributed by atoms with van der Waals surface area (Å²) in [4.78, 5) is 6.85. The first-order valence-corrected chi connectivity index (χ1v) is 10.9. The van der Waals surface area contributed by atoms with Gasteiger partial charge in [0.1, 0.15) is 6.61 Å². The second-order valence-electron chi connectivity index (χ2n) is 7.70. The van der Waals surface area contributed by atoms with Gasteiger partial charge in [0.15, 0.2) is 11.9 Å². The third kappa shape index (κ3) is 3.53. The van der Waals surface area contributed by atoms with E-state index in [1.54, 1.807) is 18.1 Å². The standard InChI is InChI=1S/C21H25N3O2S/c1-27-23-9-16-17-11-24(12-18(16)17)10-14-4-6-15(7-5-14)20-13-25-19-3-2-8-22-21(19)26-20/h2-8,16-18,20,23H,9-13H2,1H3/t16?,17-,18+,20-/m1/s1. The van der Waals surface area contributed by atoms with Crippen LogP contribution in [0.25, 0.3) is 0 Å². The molecule has 1 saturated heterocycles. The lowest BCUT2D eigenvalue weighted by molar-refractivity contribution is 0.0851. The molecule has 1 aromatic carbocycles. The summed E-state index contributed by atoms with van der Waals surface area (Å²) in [5.41, 5.74) is 2.51. The van der Waals surface area contributed by atoms with E-state index in [1.807, 2.05) is 12.1 Å². The second-order valence-corrected chi connectivity index (χ2v) is 8.40. The zero-order valence-electron chi connectivity index (χ0n) is 15.5.